The highest BCUT2D eigenvalue weighted by molar-refractivity contribution is 5.99. The minimum Gasteiger partial charge on any atom is -0.451 e. The lowest BCUT2D eigenvalue weighted by molar-refractivity contribution is -0.138. The first-order valence-corrected chi connectivity index (χ1v) is 10.2. The second kappa shape index (κ2) is 7.57. The number of amides is 2. The molecular formula is C22H27FN2O3. The Morgan fingerprint density at radius 1 is 1.11 bits per heavy atom. The Labute approximate surface area is 164 Å². The summed E-state index contributed by atoms with van der Waals surface area (Å²) in [6.45, 7) is 6.78. The summed E-state index contributed by atoms with van der Waals surface area (Å²) >= 11 is 0. The van der Waals surface area contributed by atoms with Gasteiger partial charge < -0.3 is 14.2 Å². The maximum Gasteiger partial charge on any atom is 0.289 e. The first-order chi connectivity index (χ1) is 13.4. The van der Waals surface area contributed by atoms with Crippen LogP contribution in [0.25, 0.3) is 11.0 Å². The Morgan fingerprint density at radius 3 is 2.57 bits per heavy atom. The Hall–Kier alpha value is -2.37. The van der Waals surface area contributed by atoms with Gasteiger partial charge in [-0.3, -0.25) is 9.59 Å². The number of carbonyl (C=O) groups is 2. The molecule has 28 heavy (non-hydrogen) atoms. The lowest BCUT2D eigenvalue weighted by atomic mass is 9.92. The van der Waals surface area contributed by atoms with E-state index in [9.17, 15) is 14.0 Å². The van der Waals surface area contributed by atoms with E-state index in [0.717, 1.165) is 19.5 Å². The van der Waals surface area contributed by atoms with Crippen LogP contribution in [-0.4, -0.2) is 47.8 Å². The van der Waals surface area contributed by atoms with E-state index in [4.69, 9.17) is 4.42 Å². The molecule has 0 bridgehead atoms. The Balaban J connectivity index is 1.42. The molecule has 1 unspecified atom stereocenters. The highest BCUT2D eigenvalue weighted by Crippen LogP contribution is 2.29. The van der Waals surface area contributed by atoms with Crippen molar-refractivity contribution in [2.45, 2.75) is 39.5 Å². The molecule has 2 fully saturated rings. The minimum absolute atomic E-state index is 0.000200. The molecule has 0 N–H and O–H groups in total. The van der Waals surface area contributed by atoms with E-state index in [1.54, 1.807) is 17.9 Å². The van der Waals surface area contributed by atoms with Crippen LogP contribution in [0.2, 0.25) is 0 Å². The SMILES string of the molecule is Cc1c(C(=O)N2CCC(C(=O)N3CCCC(C)C3)CC2)oc2ccc(F)cc12. The third kappa shape index (κ3) is 3.52. The monoisotopic (exact) mass is 386 g/mol. The molecule has 2 aromatic rings. The van der Waals surface area contributed by atoms with Crippen LogP contribution in [0.4, 0.5) is 4.39 Å². The van der Waals surface area contributed by atoms with Gasteiger partial charge >= 0.3 is 0 Å². The summed E-state index contributed by atoms with van der Waals surface area (Å²) in [7, 11) is 0. The topological polar surface area (TPSA) is 53.8 Å². The van der Waals surface area contributed by atoms with Crippen LogP contribution in [0, 0.1) is 24.6 Å². The number of fused-ring (bicyclic) bond motifs is 1. The number of benzene rings is 1. The lowest BCUT2D eigenvalue weighted by Crippen LogP contribution is -2.47. The van der Waals surface area contributed by atoms with Gasteiger partial charge in [-0.2, -0.15) is 0 Å². The summed E-state index contributed by atoms with van der Waals surface area (Å²) in [5.74, 6) is 0.568. The van der Waals surface area contributed by atoms with Crippen LogP contribution in [-0.2, 0) is 4.79 Å². The van der Waals surface area contributed by atoms with Gasteiger partial charge in [0.05, 0.1) is 0 Å². The number of carbonyl (C=O) groups excluding carboxylic acids is 2. The third-order valence-electron chi connectivity index (χ3n) is 6.19. The van der Waals surface area contributed by atoms with Crippen molar-refractivity contribution in [3.63, 3.8) is 0 Å². The number of piperidine rings is 2. The van der Waals surface area contributed by atoms with Crippen LogP contribution >= 0.6 is 0 Å². The summed E-state index contributed by atoms with van der Waals surface area (Å²) in [4.78, 5) is 29.5. The molecule has 2 saturated heterocycles. The zero-order valence-corrected chi connectivity index (χ0v) is 16.5. The summed E-state index contributed by atoms with van der Waals surface area (Å²) in [6, 6.07) is 4.28. The Morgan fingerprint density at radius 2 is 1.86 bits per heavy atom. The average Bonchev–Trinajstić information content (AvgIpc) is 3.03. The normalized spacial score (nSPS) is 21.3. The Kier molecular flexibility index (Phi) is 5.13. The average molecular weight is 386 g/mol. The standard InChI is InChI=1S/C22H27FN2O3/c1-14-4-3-9-25(13-14)21(26)16-7-10-24(11-8-16)22(27)20-15(2)18-12-17(23)5-6-19(18)28-20/h5-6,12,14,16H,3-4,7-11,13H2,1-2H3. The molecule has 1 aromatic heterocycles. The number of hydrogen-bond donors (Lipinski definition) is 0. The van der Waals surface area contributed by atoms with Crippen molar-refractivity contribution in [2.75, 3.05) is 26.2 Å². The number of nitrogens with zero attached hydrogens (tertiary/aromatic N) is 2. The maximum atomic E-state index is 13.5. The van der Waals surface area contributed by atoms with E-state index in [-0.39, 0.29) is 29.3 Å². The van der Waals surface area contributed by atoms with Crippen LogP contribution in [0.3, 0.4) is 0 Å². The van der Waals surface area contributed by atoms with Crippen molar-refractivity contribution in [3.05, 3.63) is 35.3 Å². The van der Waals surface area contributed by atoms with E-state index in [2.05, 4.69) is 6.92 Å². The summed E-state index contributed by atoms with van der Waals surface area (Å²) in [6.07, 6.45) is 3.64. The van der Waals surface area contributed by atoms with Crippen LogP contribution < -0.4 is 0 Å². The van der Waals surface area contributed by atoms with Gasteiger partial charge in [0, 0.05) is 43.0 Å². The van der Waals surface area contributed by atoms with Gasteiger partial charge in [0.1, 0.15) is 11.4 Å². The fourth-order valence-corrected chi connectivity index (χ4v) is 4.52. The minimum atomic E-state index is -0.346. The number of hydrogen-bond acceptors (Lipinski definition) is 3. The van der Waals surface area contributed by atoms with E-state index < -0.39 is 0 Å². The zero-order chi connectivity index (χ0) is 19.8. The zero-order valence-electron chi connectivity index (χ0n) is 16.5. The molecule has 6 heteroatoms. The van der Waals surface area contributed by atoms with Gasteiger partial charge in [0.15, 0.2) is 5.76 Å². The molecule has 3 heterocycles. The van der Waals surface area contributed by atoms with Crippen molar-refractivity contribution in [1.29, 1.82) is 0 Å². The molecule has 0 spiro atoms. The molecular weight excluding hydrogens is 359 g/mol. The van der Waals surface area contributed by atoms with Gasteiger partial charge in [-0.25, -0.2) is 4.39 Å². The summed E-state index contributed by atoms with van der Waals surface area (Å²) < 4.78 is 19.2. The largest absolute Gasteiger partial charge is 0.451 e. The van der Waals surface area contributed by atoms with Crippen molar-refractivity contribution in [1.82, 2.24) is 9.80 Å². The van der Waals surface area contributed by atoms with Gasteiger partial charge in [-0.15, -0.1) is 0 Å². The smallest absolute Gasteiger partial charge is 0.289 e. The molecule has 0 aliphatic carbocycles. The molecule has 1 atom stereocenters. The van der Waals surface area contributed by atoms with Gasteiger partial charge in [0.25, 0.3) is 5.91 Å². The Bertz CT molecular complexity index is 899. The van der Waals surface area contributed by atoms with E-state index in [0.29, 0.717) is 48.4 Å². The number of likely N-dealkylation sites (tertiary alicyclic amines) is 2. The molecule has 5 nitrogen and oxygen atoms in total. The van der Waals surface area contributed by atoms with E-state index in [1.807, 2.05) is 4.90 Å². The fraction of sp³-hybridized carbons (Fsp3) is 0.545. The highest BCUT2D eigenvalue weighted by atomic mass is 19.1. The van der Waals surface area contributed by atoms with Gasteiger partial charge in [-0.05, 0) is 56.7 Å². The molecule has 150 valence electrons. The molecule has 1 aromatic carbocycles. The predicted molar refractivity (Wildman–Crippen MR) is 105 cm³/mol. The van der Waals surface area contributed by atoms with Crippen molar-refractivity contribution in [3.8, 4) is 0 Å². The molecule has 0 saturated carbocycles. The van der Waals surface area contributed by atoms with Crippen LogP contribution in [0.15, 0.2) is 22.6 Å². The molecule has 2 aliphatic heterocycles. The van der Waals surface area contributed by atoms with Crippen molar-refractivity contribution in [2.24, 2.45) is 11.8 Å². The number of halogens is 1. The lowest BCUT2D eigenvalue weighted by Gasteiger charge is -2.37. The molecule has 4 rings (SSSR count). The third-order valence-corrected chi connectivity index (χ3v) is 6.19. The van der Waals surface area contributed by atoms with Crippen LogP contribution in [0.5, 0.6) is 0 Å². The van der Waals surface area contributed by atoms with Crippen LogP contribution in [0.1, 0.15) is 48.7 Å². The number of aryl methyl sites for hydroxylation is 1. The first kappa shape index (κ1) is 19.0. The van der Waals surface area contributed by atoms with E-state index in [1.165, 1.54) is 18.6 Å². The van der Waals surface area contributed by atoms with Gasteiger partial charge in [-0.1, -0.05) is 6.92 Å². The predicted octanol–water partition coefficient (Wildman–Crippen LogP) is 3.99. The second-order valence-electron chi connectivity index (χ2n) is 8.29. The highest BCUT2D eigenvalue weighted by Gasteiger charge is 2.33. The van der Waals surface area contributed by atoms with E-state index >= 15 is 0 Å². The van der Waals surface area contributed by atoms with Crippen molar-refractivity contribution >= 4 is 22.8 Å². The number of furan rings is 1. The second-order valence-corrected chi connectivity index (χ2v) is 8.29. The quantitative estimate of drug-likeness (QED) is 0.784. The van der Waals surface area contributed by atoms with Crippen molar-refractivity contribution < 1.29 is 18.4 Å². The first-order valence-electron chi connectivity index (χ1n) is 10.2. The molecule has 2 amide bonds. The number of rotatable bonds is 2. The molecule has 0 radical (unpaired) electrons. The fourth-order valence-electron chi connectivity index (χ4n) is 4.52. The molecule has 2 aliphatic rings. The van der Waals surface area contributed by atoms with Gasteiger partial charge in [0.2, 0.25) is 5.91 Å². The maximum absolute atomic E-state index is 13.5. The summed E-state index contributed by atoms with van der Waals surface area (Å²) in [5, 5.41) is 0.632. The summed E-state index contributed by atoms with van der Waals surface area (Å²) in [5.41, 5.74) is 1.19.